The van der Waals surface area contributed by atoms with Gasteiger partial charge in [0, 0.05) is 26.2 Å². The smallest absolute Gasteiger partial charge is 0.286 e. The zero-order valence-electron chi connectivity index (χ0n) is 16.4. The first kappa shape index (κ1) is 22.3. The van der Waals surface area contributed by atoms with Gasteiger partial charge in [-0.3, -0.25) is 9.59 Å². The molecule has 1 atom stereocenters. The minimum atomic E-state index is -0.518. The fourth-order valence-electron chi connectivity index (χ4n) is 2.89. The Morgan fingerprint density at radius 1 is 1.20 bits per heavy atom. The summed E-state index contributed by atoms with van der Waals surface area (Å²) in [7, 11) is 0. The zero-order chi connectivity index (χ0) is 21.5. The molecule has 1 saturated heterocycles. The lowest BCUT2D eigenvalue weighted by Gasteiger charge is -2.34. The van der Waals surface area contributed by atoms with E-state index >= 15 is 0 Å². The maximum absolute atomic E-state index is 12.4. The highest BCUT2D eigenvalue weighted by atomic mass is 35.5. The monoisotopic (exact) mass is 456 g/mol. The van der Waals surface area contributed by atoms with Gasteiger partial charge in [-0.1, -0.05) is 23.2 Å². The van der Waals surface area contributed by atoms with E-state index in [1.807, 2.05) is 4.90 Å². The summed E-state index contributed by atoms with van der Waals surface area (Å²) in [6.45, 7) is 4.80. The van der Waals surface area contributed by atoms with Gasteiger partial charge < -0.3 is 19.3 Å². The minimum Gasteiger partial charge on any atom is -0.485 e. The number of nitrogens with zero attached hydrogens (tertiary/aromatic N) is 5. The van der Waals surface area contributed by atoms with Crippen LogP contribution in [0.3, 0.4) is 0 Å². The molecule has 0 unspecified atom stereocenters. The number of H-pyrrole nitrogens is 1. The second-order valence-corrected chi connectivity index (χ2v) is 7.51. The third kappa shape index (κ3) is 6.04. The number of carbonyl (C=O) groups excluding carboxylic acids is 1. The van der Waals surface area contributed by atoms with E-state index in [0.29, 0.717) is 37.1 Å². The Labute approximate surface area is 183 Å². The molecular weight excluding hydrogens is 435 g/mol. The Morgan fingerprint density at radius 2 is 1.90 bits per heavy atom. The van der Waals surface area contributed by atoms with Crippen molar-refractivity contribution in [2.45, 2.75) is 19.4 Å². The molecule has 0 aliphatic carbocycles. The lowest BCUT2D eigenvalue weighted by Crippen LogP contribution is -2.49. The highest BCUT2D eigenvalue weighted by Gasteiger charge is 2.22. The average molecular weight is 457 g/mol. The summed E-state index contributed by atoms with van der Waals surface area (Å²) >= 11 is 11.7. The summed E-state index contributed by atoms with van der Waals surface area (Å²) in [4.78, 5) is 36.0. The number of hydrogen-bond donors (Lipinski definition) is 1. The first-order valence-corrected chi connectivity index (χ1v) is 10.2. The predicted molar refractivity (Wildman–Crippen MR) is 111 cm³/mol. The predicted octanol–water partition coefficient (Wildman–Crippen LogP) is 1.39. The molecule has 1 aliphatic rings. The van der Waals surface area contributed by atoms with Crippen LogP contribution in [0.2, 0.25) is 10.0 Å². The average Bonchev–Trinajstić information content (AvgIpc) is 2.75. The molecule has 3 heterocycles. The highest BCUT2D eigenvalue weighted by molar-refractivity contribution is 6.31. The first-order valence-electron chi connectivity index (χ1n) is 9.42. The molecule has 0 radical (unpaired) electrons. The number of aromatic nitrogens is 4. The van der Waals surface area contributed by atoms with E-state index in [1.54, 1.807) is 24.2 Å². The second kappa shape index (κ2) is 10.6. The van der Waals surface area contributed by atoms with Gasteiger partial charge in [-0.15, -0.1) is 0 Å². The highest BCUT2D eigenvalue weighted by Crippen LogP contribution is 2.19. The Kier molecular flexibility index (Phi) is 7.83. The van der Waals surface area contributed by atoms with Gasteiger partial charge in [0.15, 0.2) is 10.8 Å². The topological polar surface area (TPSA) is 114 Å². The number of nitrogens with one attached hydrogen (secondary N) is 1. The molecule has 0 bridgehead atoms. The molecule has 0 aromatic carbocycles. The molecule has 2 aromatic rings. The lowest BCUT2D eigenvalue weighted by atomic mass is 10.3. The fraction of sp³-hybridized carbons (Fsp3) is 0.500. The van der Waals surface area contributed by atoms with Crippen LogP contribution >= 0.6 is 23.2 Å². The summed E-state index contributed by atoms with van der Waals surface area (Å²) < 4.78 is 11.1. The van der Waals surface area contributed by atoms with Crippen LogP contribution in [0.15, 0.2) is 23.4 Å². The van der Waals surface area contributed by atoms with Crippen LogP contribution in [0.25, 0.3) is 0 Å². The normalized spacial score (nSPS) is 15.2. The summed E-state index contributed by atoms with van der Waals surface area (Å²) in [6, 6.07) is 0. The zero-order valence-corrected chi connectivity index (χ0v) is 17.9. The van der Waals surface area contributed by atoms with Gasteiger partial charge in [0.25, 0.3) is 5.56 Å². The van der Waals surface area contributed by atoms with Crippen LogP contribution in [0.5, 0.6) is 5.75 Å². The van der Waals surface area contributed by atoms with E-state index in [1.165, 1.54) is 6.20 Å². The number of aromatic amines is 1. The number of hydrogen-bond acceptors (Lipinski definition) is 8. The summed E-state index contributed by atoms with van der Waals surface area (Å²) in [5, 5.41) is 6.29. The number of anilines is 1. The maximum atomic E-state index is 12.4. The number of rotatable bonds is 8. The van der Waals surface area contributed by atoms with E-state index in [0.717, 1.165) is 0 Å². The Bertz CT molecular complexity index is 902. The number of ether oxygens (including phenoxy) is 2. The van der Waals surface area contributed by atoms with E-state index in [9.17, 15) is 9.59 Å². The van der Waals surface area contributed by atoms with Gasteiger partial charge in [-0.25, -0.2) is 15.1 Å². The maximum Gasteiger partial charge on any atom is 0.286 e. The molecule has 162 valence electrons. The number of piperazine rings is 1. The molecule has 1 fully saturated rings. The van der Waals surface area contributed by atoms with Crippen LogP contribution < -0.4 is 15.2 Å². The Morgan fingerprint density at radius 3 is 2.60 bits per heavy atom. The van der Waals surface area contributed by atoms with E-state index < -0.39 is 5.56 Å². The molecule has 3 rings (SSSR count). The van der Waals surface area contributed by atoms with Crippen molar-refractivity contribution in [3.8, 4) is 5.75 Å². The standard InChI is InChI=1S/C18H22Cl2N6O4/c1-12(30-14-10-23-24-17(28)16(14)20)11-29-7-2-15(27)25-3-5-26(6-4-25)18-21-8-13(19)9-22-18/h8-10,12H,2-7,11H2,1H3,(H,24,28)/t12-/m0/s1. The quantitative estimate of drug-likeness (QED) is 0.592. The van der Waals surface area contributed by atoms with Gasteiger partial charge in [-0.2, -0.15) is 5.10 Å². The molecule has 0 spiro atoms. The number of amides is 1. The van der Waals surface area contributed by atoms with Gasteiger partial charge in [0.2, 0.25) is 11.9 Å². The lowest BCUT2D eigenvalue weighted by molar-refractivity contribution is -0.132. The third-order valence-corrected chi connectivity index (χ3v) is 4.98. The van der Waals surface area contributed by atoms with Crippen LogP contribution in [0.4, 0.5) is 5.95 Å². The van der Waals surface area contributed by atoms with Crippen molar-refractivity contribution in [2.24, 2.45) is 0 Å². The van der Waals surface area contributed by atoms with Gasteiger partial charge >= 0.3 is 0 Å². The molecule has 2 aromatic heterocycles. The van der Waals surface area contributed by atoms with Crippen LogP contribution in [-0.2, 0) is 9.53 Å². The van der Waals surface area contributed by atoms with Gasteiger partial charge in [-0.05, 0) is 6.92 Å². The van der Waals surface area contributed by atoms with Crippen LogP contribution in [0.1, 0.15) is 13.3 Å². The molecule has 1 N–H and O–H groups in total. The van der Waals surface area contributed by atoms with Crippen molar-refractivity contribution in [3.63, 3.8) is 0 Å². The number of halogens is 2. The van der Waals surface area contributed by atoms with Gasteiger partial charge in [0.05, 0.1) is 43.2 Å². The van der Waals surface area contributed by atoms with Crippen LogP contribution in [0, 0.1) is 0 Å². The SMILES string of the molecule is C[C@@H](COCCC(=O)N1CCN(c2ncc(Cl)cn2)CC1)Oc1cn[nH]c(=O)c1Cl. The molecule has 1 aliphatic heterocycles. The third-order valence-electron chi connectivity index (χ3n) is 4.43. The van der Waals surface area contributed by atoms with Crippen molar-refractivity contribution < 1.29 is 14.3 Å². The Hall–Kier alpha value is -2.43. The first-order chi connectivity index (χ1) is 14.4. The molecule has 12 heteroatoms. The van der Waals surface area contributed by atoms with Crippen LogP contribution in [-0.4, -0.2) is 76.5 Å². The van der Waals surface area contributed by atoms with Crippen molar-refractivity contribution in [2.75, 3.05) is 44.3 Å². The fourth-order valence-corrected chi connectivity index (χ4v) is 3.12. The van der Waals surface area contributed by atoms with Gasteiger partial charge in [0.1, 0.15) is 6.10 Å². The second-order valence-electron chi connectivity index (χ2n) is 6.70. The van der Waals surface area contributed by atoms with Crippen molar-refractivity contribution >= 4 is 35.1 Å². The summed E-state index contributed by atoms with van der Waals surface area (Å²) in [6.07, 6.45) is 4.37. The number of carbonyl (C=O) groups is 1. The largest absolute Gasteiger partial charge is 0.485 e. The van der Waals surface area contributed by atoms with Crippen molar-refractivity contribution in [1.29, 1.82) is 0 Å². The Balaban J connectivity index is 1.34. The molecule has 30 heavy (non-hydrogen) atoms. The molecular formula is C18H22Cl2N6O4. The van der Waals surface area contributed by atoms with E-state index in [2.05, 4.69) is 20.2 Å². The summed E-state index contributed by atoms with van der Waals surface area (Å²) in [5.74, 6) is 0.830. The minimum absolute atomic E-state index is 0.0297. The molecule has 10 nitrogen and oxygen atoms in total. The molecule has 0 saturated carbocycles. The molecule has 1 amide bonds. The van der Waals surface area contributed by atoms with E-state index in [4.69, 9.17) is 32.7 Å². The summed E-state index contributed by atoms with van der Waals surface area (Å²) in [5.41, 5.74) is -0.518. The van der Waals surface area contributed by atoms with Crippen molar-refractivity contribution in [3.05, 3.63) is 39.0 Å². The van der Waals surface area contributed by atoms with Crippen molar-refractivity contribution in [1.82, 2.24) is 25.1 Å². The van der Waals surface area contributed by atoms with E-state index in [-0.39, 0.29) is 42.4 Å².